The van der Waals surface area contributed by atoms with E-state index >= 15 is 0 Å². The maximum Gasteiger partial charge on any atom is 0.308 e. The highest BCUT2D eigenvalue weighted by Crippen LogP contribution is 2.32. The van der Waals surface area contributed by atoms with Gasteiger partial charge in [0.2, 0.25) is 0 Å². The molecule has 0 amide bonds. The van der Waals surface area contributed by atoms with Gasteiger partial charge in [0.15, 0.2) is 5.96 Å². The average Bonchev–Trinajstić information content (AvgIpc) is 2.78. The SMILES string of the molecule is CCNC(=NCCCOC1CCCc2ccccc21)N1CCC(C(=O)OC)CC1.I. The van der Waals surface area contributed by atoms with Gasteiger partial charge in [-0.1, -0.05) is 24.3 Å². The highest BCUT2D eigenvalue weighted by atomic mass is 127. The van der Waals surface area contributed by atoms with Crippen molar-refractivity contribution in [2.24, 2.45) is 10.9 Å². The van der Waals surface area contributed by atoms with Crippen LogP contribution in [-0.4, -0.2) is 56.7 Å². The van der Waals surface area contributed by atoms with E-state index in [0.717, 1.165) is 64.4 Å². The highest BCUT2D eigenvalue weighted by molar-refractivity contribution is 14.0. The summed E-state index contributed by atoms with van der Waals surface area (Å²) in [6.07, 6.45) is 6.26. The zero-order valence-electron chi connectivity index (χ0n) is 18.3. The molecule has 3 rings (SSSR count). The average molecular weight is 529 g/mol. The summed E-state index contributed by atoms with van der Waals surface area (Å²) >= 11 is 0. The molecule has 7 heteroatoms. The molecule has 0 bridgehead atoms. The van der Waals surface area contributed by atoms with Gasteiger partial charge in [-0.25, -0.2) is 0 Å². The predicted molar refractivity (Wildman–Crippen MR) is 130 cm³/mol. The zero-order chi connectivity index (χ0) is 20.5. The molecule has 1 aliphatic carbocycles. The summed E-state index contributed by atoms with van der Waals surface area (Å²) in [7, 11) is 1.47. The molecule has 0 saturated carbocycles. The number of methoxy groups -OCH3 is 1. The Balaban J connectivity index is 0.00000320. The largest absolute Gasteiger partial charge is 0.469 e. The second-order valence-electron chi connectivity index (χ2n) is 7.82. The number of esters is 1. The van der Waals surface area contributed by atoms with Crippen LogP contribution in [0.2, 0.25) is 0 Å². The standard InChI is InChI=1S/C23H35N3O3.HI/c1-3-24-23(26-15-12-19(13-16-26)22(27)28-2)25-14-7-17-29-21-11-6-9-18-8-4-5-10-20(18)21;/h4-5,8,10,19,21H,3,6-7,9,11-17H2,1-2H3,(H,24,25);1H. The third-order valence-electron chi connectivity index (χ3n) is 5.86. The normalized spacial score (nSPS) is 19.6. The van der Waals surface area contributed by atoms with Gasteiger partial charge in [0.05, 0.1) is 19.1 Å². The molecule has 1 unspecified atom stereocenters. The number of likely N-dealkylation sites (tertiary alicyclic amines) is 1. The third kappa shape index (κ3) is 6.83. The minimum atomic E-state index is -0.0898. The maximum absolute atomic E-state index is 11.7. The smallest absolute Gasteiger partial charge is 0.308 e. The maximum atomic E-state index is 11.7. The molecule has 168 valence electrons. The number of aliphatic imine (C=N–C) groups is 1. The van der Waals surface area contributed by atoms with Crippen LogP contribution in [0.5, 0.6) is 0 Å². The van der Waals surface area contributed by atoms with Gasteiger partial charge in [-0.15, -0.1) is 24.0 Å². The molecule has 6 nitrogen and oxygen atoms in total. The molecular formula is C23H36IN3O3. The van der Waals surface area contributed by atoms with Crippen LogP contribution in [0, 0.1) is 5.92 Å². The molecule has 1 aromatic carbocycles. The fraction of sp³-hybridized carbons (Fsp3) is 0.652. The van der Waals surface area contributed by atoms with Gasteiger partial charge in [0.25, 0.3) is 0 Å². The van der Waals surface area contributed by atoms with Crippen LogP contribution in [0.4, 0.5) is 0 Å². The summed E-state index contributed by atoms with van der Waals surface area (Å²) < 4.78 is 11.1. The van der Waals surface area contributed by atoms with Crippen molar-refractivity contribution in [3.63, 3.8) is 0 Å². The van der Waals surface area contributed by atoms with E-state index in [0.29, 0.717) is 0 Å². The minimum absolute atomic E-state index is 0. The van der Waals surface area contributed by atoms with Crippen molar-refractivity contribution in [3.05, 3.63) is 35.4 Å². The Morgan fingerprint density at radius 3 is 2.73 bits per heavy atom. The van der Waals surface area contributed by atoms with Crippen molar-refractivity contribution in [2.75, 3.05) is 39.9 Å². The summed E-state index contributed by atoms with van der Waals surface area (Å²) in [6, 6.07) is 8.66. The van der Waals surface area contributed by atoms with Crippen LogP contribution >= 0.6 is 24.0 Å². The number of ether oxygens (including phenoxy) is 2. The van der Waals surface area contributed by atoms with Crippen molar-refractivity contribution in [1.82, 2.24) is 10.2 Å². The molecular weight excluding hydrogens is 493 g/mol. The van der Waals surface area contributed by atoms with Crippen LogP contribution in [0.1, 0.15) is 56.3 Å². The summed E-state index contributed by atoms with van der Waals surface area (Å²) in [5.74, 6) is 0.873. The van der Waals surface area contributed by atoms with E-state index in [4.69, 9.17) is 14.5 Å². The van der Waals surface area contributed by atoms with Gasteiger partial charge in [-0.05, 0) is 56.6 Å². The van der Waals surface area contributed by atoms with E-state index < -0.39 is 0 Å². The monoisotopic (exact) mass is 529 g/mol. The van der Waals surface area contributed by atoms with Crippen LogP contribution in [0.15, 0.2) is 29.3 Å². The first-order valence-corrected chi connectivity index (χ1v) is 11.0. The number of guanidine groups is 1. The van der Waals surface area contributed by atoms with Gasteiger partial charge < -0.3 is 19.7 Å². The van der Waals surface area contributed by atoms with Crippen molar-refractivity contribution >= 4 is 35.9 Å². The number of benzene rings is 1. The Bertz CT molecular complexity index is 690. The summed E-state index contributed by atoms with van der Waals surface area (Å²) in [5.41, 5.74) is 2.80. The molecule has 1 N–H and O–H groups in total. The predicted octanol–water partition coefficient (Wildman–Crippen LogP) is 3.94. The fourth-order valence-electron chi connectivity index (χ4n) is 4.28. The molecule has 1 fully saturated rings. The lowest BCUT2D eigenvalue weighted by Crippen LogP contribution is -2.46. The molecule has 1 atom stereocenters. The van der Waals surface area contributed by atoms with Gasteiger partial charge >= 0.3 is 5.97 Å². The summed E-state index contributed by atoms with van der Waals surface area (Å²) in [6.45, 7) is 6.06. The van der Waals surface area contributed by atoms with Crippen molar-refractivity contribution < 1.29 is 14.3 Å². The third-order valence-corrected chi connectivity index (χ3v) is 5.86. The number of piperidine rings is 1. The summed E-state index contributed by atoms with van der Waals surface area (Å²) in [5, 5.41) is 3.38. The number of nitrogens with one attached hydrogen (secondary N) is 1. The van der Waals surface area contributed by atoms with Crippen molar-refractivity contribution in [2.45, 2.75) is 51.6 Å². The lowest BCUT2D eigenvalue weighted by atomic mass is 9.89. The molecule has 0 aromatic heterocycles. The minimum Gasteiger partial charge on any atom is -0.469 e. The number of hydrogen-bond acceptors (Lipinski definition) is 4. The van der Waals surface area contributed by atoms with Crippen LogP contribution in [0.3, 0.4) is 0 Å². The molecule has 1 aromatic rings. The van der Waals surface area contributed by atoms with E-state index in [1.807, 2.05) is 0 Å². The van der Waals surface area contributed by atoms with Crippen molar-refractivity contribution in [3.8, 4) is 0 Å². The van der Waals surface area contributed by atoms with E-state index in [2.05, 4.69) is 41.4 Å². The Labute approximate surface area is 197 Å². The first-order valence-electron chi connectivity index (χ1n) is 11.0. The zero-order valence-corrected chi connectivity index (χ0v) is 20.6. The second-order valence-corrected chi connectivity index (χ2v) is 7.82. The highest BCUT2D eigenvalue weighted by Gasteiger charge is 2.27. The number of carbonyl (C=O) groups excluding carboxylic acids is 1. The first-order chi connectivity index (χ1) is 14.2. The van der Waals surface area contributed by atoms with E-state index in [-0.39, 0.29) is 42.0 Å². The molecule has 0 radical (unpaired) electrons. The van der Waals surface area contributed by atoms with Gasteiger partial charge in [0.1, 0.15) is 0 Å². The van der Waals surface area contributed by atoms with Gasteiger partial charge in [0, 0.05) is 32.8 Å². The number of halogens is 1. The number of hydrogen-bond donors (Lipinski definition) is 1. The van der Waals surface area contributed by atoms with Gasteiger partial charge in [-0.3, -0.25) is 9.79 Å². The number of nitrogens with zero attached hydrogens (tertiary/aromatic N) is 2. The van der Waals surface area contributed by atoms with Crippen LogP contribution in [0.25, 0.3) is 0 Å². The second kappa shape index (κ2) is 13.1. The van der Waals surface area contributed by atoms with Crippen molar-refractivity contribution in [1.29, 1.82) is 0 Å². The van der Waals surface area contributed by atoms with E-state index in [1.165, 1.54) is 31.1 Å². The Morgan fingerprint density at radius 1 is 1.23 bits per heavy atom. The lowest BCUT2D eigenvalue weighted by Gasteiger charge is -2.33. The Kier molecular flexibility index (Phi) is 10.9. The molecule has 1 heterocycles. The number of fused-ring (bicyclic) bond motifs is 1. The fourth-order valence-corrected chi connectivity index (χ4v) is 4.28. The van der Waals surface area contributed by atoms with Crippen LogP contribution < -0.4 is 5.32 Å². The number of rotatable bonds is 7. The van der Waals surface area contributed by atoms with E-state index in [9.17, 15) is 4.79 Å². The molecule has 2 aliphatic rings. The van der Waals surface area contributed by atoms with Crippen LogP contribution in [-0.2, 0) is 20.7 Å². The molecule has 0 spiro atoms. The first kappa shape index (κ1) is 24.9. The Morgan fingerprint density at radius 2 is 2.00 bits per heavy atom. The number of aryl methyl sites for hydroxylation is 1. The molecule has 1 aliphatic heterocycles. The lowest BCUT2D eigenvalue weighted by molar-refractivity contribution is -0.146. The summed E-state index contributed by atoms with van der Waals surface area (Å²) in [4.78, 5) is 18.8. The topological polar surface area (TPSA) is 63.2 Å². The van der Waals surface area contributed by atoms with E-state index in [1.54, 1.807) is 0 Å². The Hall–Kier alpha value is -1.35. The quantitative estimate of drug-likeness (QED) is 0.191. The number of carbonyl (C=O) groups is 1. The molecule has 30 heavy (non-hydrogen) atoms. The van der Waals surface area contributed by atoms with Gasteiger partial charge in [-0.2, -0.15) is 0 Å². The molecule has 1 saturated heterocycles.